The van der Waals surface area contributed by atoms with Crippen LogP contribution in [-0.4, -0.2) is 45.2 Å². The number of carboxylic acid groups (broad SMARTS) is 1. The van der Waals surface area contributed by atoms with Gasteiger partial charge in [-0.05, 0) is 50.3 Å². The van der Waals surface area contributed by atoms with Crippen LogP contribution < -0.4 is 0 Å². The molecule has 1 saturated heterocycles. The lowest BCUT2D eigenvalue weighted by Crippen LogP contribution is -2.33. The van der Waals surface area contributed by atoms with E-state index in [0.29, 0.717) is 25.8 Å². The molecule has 1 heterocycles. The number of nitrogens with zero attached hydrogens (tertiary/aromatic N) is 1. The highest BCUT2D eigenvalue weighted by Crippen LogP contribution is 2.23. The molecule has 1 aliphatic rings. The van der Waals surface area contributed by atoms with Crippen molar-refractivity contribution in [2.45, 2.75) is 70.4 Å². The summed E-state index contributed by atoms with van der Waals surface area (Å²) in [6.45, 7) is 4.60. The zero-order chi connectivity index (χ0) is 19.9. The number of rotatable bonds is 10. The number of aliphatic hydroxyl groups is 1. The maximum absolute atomic E-state index is 12.2. The molecule has 0 bridgehead atoms. The lowest BCUT2D eigenvalue weighted by molar-refractivity contribution is -0.128. The first-order valence-corrected chi connectivity index (χ1v) is 9.83. The fraction of sp³-hybridized carbons (Fsp3) is 0.545. The zero-order valence-corrected chi connectivity index (χ0v) is 16.4. The molecule has 0 spiro atoms. The molecule has 0 saturated carbocycles. The molecule has 1 fully saturated rings. The molecule has 0 aliphatic carbocycles. The molecule has 5 heteroatoms. The minimum absolute atomic E-state index is 0.0813. The molecule has 0 aromatic heterocycles. The highest BCUT2D eigenvalue weighted by atomic mass is 16.4. The van der Waals surface area contributed by atoms with Crippen molar-refractivity contribution in [1.29, 1.82) is 0 Å². The summed E-state index contributed by atoms with van der Waals surface area (Å²) in [5.41, 5.74) is 0.600. The molecule has 1 amide bonds. The topological polar surface area (TPSA) is 77.8 Å². The predicted molar refractivity (Wildman–Crippen MR) is 106 cm³/mol. The lowest BCUT2D eigenvalue weighted by Gasteiger charge is -2.24. The summed E-state index contributed by atoms with van der Waals surface area (Å²) < 4.78 is 0. The molecule has 2 atom stereocenters. The van der Waals surface area contributed by atoms with Crippen molar-refractivity contribution >= 4 is 11.9 Å². The van der Waals surface area contributed by atoms with Gasteiger partial charge in [-0.2, -0.15) is 0 Å². The third-order valence-electron chi connectivity index (χ3n) is 5.20. The molecule has 1 aromatic carbocycles. The van der Waals surface area contributed by atoms with E-state index in [1.807, 2.05) is 17.9 Å². The van der Waals surface area contributed by atoms with Crippen molar-refractivity contribution in [1.82, 2.24) is 4.90 Å². The van der Waals surface area contributed by atoms with E-state index >= 15 is 0 Å². The Balaban J connectivity index is 1.89. The molecule has 27 heavy (non-hydrogen) atoms. The zero-order valence-electron chi connectivity index (χ0n) is 16.4. The third kappa shape index (κ3) is 6.51. The Morgan fingerprint density at radius 2 is 2.04 bits per heavy atom. The Morgan fingerprint density at radius 3 is 2.67 bits per heavy atom. The van der Waals surface area contributed by atoms with Gasteiger partial charge >= 0.3 is 5.97 Å². The van der Waals surface area contributed by atoms with E-state index in [0.717, 1.165) is 31.2 Å². The molecule has 148 valence electrons. The minimum atomic E-state index is -0.934. The van der Waals surface area contributed by atoms with Gasteiger partial charge in [0.05, 0.1) is 17.2 Å². The number of carboxylic acids is 1. The molecule has 1 aromatic rings. The number of hydrogen-bond donors (Lipinski definition) is 2. The molecule has 0 radical (unpaired) electrons. The molecule has 1 aliphatic heterocycles. The Labute approximate surface area is 161 Å². The smallest absolute Gasteiger partial charge is 0.335 e. The number of benzene rings is 1. The molecule has 2 rings (SSSR count). The van der Waals surface area contributed by atoms with Gasteiger partial charge in [0.15, 0.2) is 0 Å². The van der Waals surface area contributed by atoms with Gasteiger partial charge in [-0.15, -0.1) is 0 Å². The fourth-order valence-corrected chi connectivity index (χ4v) is 3.45. The molecule has 2 N–H and O–H groups in total. The summed E-state index contributed by atoms with van der Waals surface area (Å²) in [6.07, 6.45) is 9.59. The van der Waals surface area contributed by atoms with Crippen LogP contribution in [0.2, 0.25) is 0 Å². The van der Waals surface area contributed by atoms with Crippen LogP contribution in [0.1, 0.15) is 68.3 Å². The summed E-state index contributed by atoms with van der Waals surface area (Å²) in [6, 6.07) is 6.88. The van der Waals surface area contributed by atoms with Crippen LogP contribution in [0, 0.1) is 0 Å². The van der Waals surface area contributed by atoms with Gasteiger partial charge in [-0.3, -0.25) is 4.79 Å². The maximum atomic E-state index is 12.2. The van der Waals surface area contributed by atoms with Crippen molar-refractivity contribution in [2.24, 2.45) is 0 Å². The number of aromatic carboxylic acids is 1. The SMILES string of the molecule is CCCCC(C)(O)CC=CC1CCC(=O)N1CCc1ccc(C(=O)O)cc1. The normalized spacial score (nSPS) is 19.6. The van der Waals surface area contributed by atoms with E-state index in [9.17, 15) is 14.7 Å². The summed E-state index contributed by atoms with van der Waals surface area (Å²) >= 11 is 0. The first-order valence-electron chi connectivity index (χ1n) is 9.83. The van der Waals surface area contributed by atoms with Gasteiger partial charge in [0.2, 0.25) is 5.91 Å². The standard InChI is InChI=1S/C22H31NO4/c1-3-4-14-22(2,27)15-5-6-19-11-12-20(24)23(19)16-13-17-7-9-18(10-8-17)21(25)26/h5-10,19,27H,3-4,11-16H2,1-2H3,(H,25,26). The second-order valence-electron chi connectivity index (χ2n) is 7.68. The summed E-state index contributed by atoms with van der Waals surface area (Å²) in [5.74, 6) is -0.777. The highest BCUT2D eigenvalue weighted by Gasteiger charge is 2.28. The molecular formula is C22H31NO4. The van der Waals surface area contributed by atoms with Crippen LogP contribution in [0.4, 0.5) is 0 Å². The average Bonchev–Trinajstić information content (AvgIpc) is 2.98. The van der Waals surface area contributed by atoms with Crippen LogP contribution in [0.15, 0.2) is 36.4 Å². The Kier molecular flexibility index (Phi) is 7.60. The predicted octanol–water partition coefficient (Wildman–Crippen LogP) is 3.81. The molecular weight excluding hydrogens is 342 g/mol. The van der Waals surface area contributed by atoms with Crippen molar-refractivity contribution in [3.8, 4) is 0 Å². The second kappa shape index (κ2) is 9.70. The van der Waals surface area contributed by atoms with E-state index in [2.05, 4.69) is 13.0 Å². The van der Waals surface area contributed by atoms with Gasteiger partial charge in [-0.25, -0.2) is 4.79 Å². The van der Waals surface area contributed by atoms with E-state index in [4.69, 9.17) is 5.11 Å². The Bertz CT molecular complexity index is 663. The number of hydrogen-bond acceptors (Lipinski definition) is 3. The number of amides is 1. The number of likely N-dealkylation sites (tertiary alicyclic amines) is 1. The van der Waals surface area contributed by atoms with E-state index < -0.39 is 11.6 Å². The Hall–Kier alpha value is -2.14. The third-order valence-corrected chi connectivity index (χ3v) is 5.20. The molecule has 2 unspecified atom stereocenters. The first-order chi connectivity index (χ1) is 12.8. The fourth-order valence-electron chi connectivity index (χ4n) is 3.45. The van der Waals surface area contributed by atoms with Crippen LogP contribution in [-0.2, 0) is 11.2 Å². The number of carbonyl (C=O) groups excluding carboxylic acids is 1. The monoisotopic (exact) mass is 373 g/mol. The van der Waals surface area contributed by atoms with Gasteiger partial charge < -0.3 is 15.1 Å². The second-order valence-corrected chi connectivity index (χ2v) is 7.68. The van der Waals surface area contributed by atoms with E-state index in [1.54, 1.807) is 24.3 Å². The van der Waals surface area contributed by atoms with Gasteiger partial charge in [-0.1, -0.05) is 44.1 Å². The summed E-state index contributed by atoms with van der Waals surface area (Å²) in [5, 5.41) is 19.3. The van der Waals surface area contributed by atoms with Crippen LogP contribution in [0.3, 0.4) is 0 Å². The average molecular weight is 373 g/mol. The van der Waals surface area contributed by atoms with E-state index in [1.165, 1.54) is 0 Å². The number of carbonyl (C=O) groups is 2. The van der Waals surface area contributed by atoms with Gasteiger partial charge in [0, 0.05) is 13.0 Å². The Morgan fingerprint density at radius 1 is 1.33 bits per heavy atom. The lowest BCUT2D eigenvalue weighted by atomic mass is 9.95. The molecule has 5 nitrogen and oxygen atoms in total. The van der Waals surface area contributed by atoms with Crippen molar-refractivity contribution in [3.63, 3.8) is 0 Å². The largest absolute Gasteiger partial charge is 0.478 e. The van der Waals surface area contributed by atoms with Crippen LogP contribution >= 0.6 is 0 Å². The maximum Gasteiger partial charge on any atom is 0.335 e. The van der Waals surface area contributed by atoms with Crippen molar-refractivity contribution < 1.29 is 19.8 Å². The van der Waals surface area contributed by atoms with E-state index in [-0.39, 0.29) is 17.5 Å². The highest BCUT2D eigenvalue weighted by molar-refractivity contribution is 5.87. The quantitative estimate of drug-likeness (QED) is 0.612. The summed E-state index contributed by atoms with van der Waals surface area (Å²) in [4.78, 5) is 25.0. The number of unbranched alkanes of at least 4 members (excludes halogenated alkanes) is 1. The van der Waals surface area contributed by atoms with Crippen LogP contribution in [0.25, 0.3) is 0 Å². The minimum Gasteiger partial charge on any atom is -0.478 e. The first kappa shape index (κ1) is 21.2. The van der Waals surface area contributed by atoms with Gasteiger partial charge in [0.25, 0.3) is 0 Å². The summed E-state index contributed by atoms with van der Waals surface area (Å²) in [7, 11) is 0. The van der Waals surface area contributed by atoms with Crippen molar-refractivity contribution in [2.75, 3.05) is 6.54 Å². The van der Waals surface area contributed by atoms with Crippen molar-refractivity contribution in [3.05, 3.63) is 47.5 Å². The van der Waals surface area contributed by atoms with Gasteiger partial charge in [0.1, 0.15) is 0 Å². The van der Waals surface area contributed by atoms with Crippen LogP contribution in [0.5, 0.6) is 0 Å².